The van der Waals surface area contributed by atoms with Gasteiger partial charge < -0.3 is 10.1 Å². The molecule has 0 unspecified atom stereocenters. The number of rotatable bonds is 5. The zero-order valence-electron chi connectivity index (χ0n) is 11.6. The van der Waals surface area contributed by atoms with Gasteiger partial charge in [0, 0.05) is 13.1 Å². The fourth-order valence-corrected chi connectivity index (χ4v) is 3.97. The number of ether oxygens (including phenoxy) is 1. The van der Waals surface area contributed by atoms with Crippen LogP contribution in [-0.2, 0) is 10.0 Å². The Morgan fingerprint density at radius 3 is 2.85 bits per heavy atom. The van der Waals surface area contributed by atoms with E-state index < -0.39 is 15.8 Å². The summed E-state index contributed by atoms with van der Waals surface area (Å²) in [6.45, 7) is 1.72. The van der Waals surface area contributed by atoms with Gasteiger partial charge in [-0.05, 0) is 44.1 Å². The lowest BCUT2D eigenvalue weighted by atomic mass is 10.1. The number of nitrogens with zero attached hydrogens (tertiary/aromatic N) is 1. The minimum atomic E-state index is -3.63. The number of nitrogens with one attached hydrogen (secondary N) is 1. The number of hydrogen-bond donors (Lipinski definition) is 1. The molecule has 1 aromatic rings. The van der Waals surface area contributed by atoms with Crippen molar-refractivity contribution < 1.29 is 17.5 Å². The van der Waals surface area contributed by atoms with Gasteiger partial charge in [-0.15, -0.1) is 0 Å². The molecule has 2 rings (SSSR count). The second kappa shape index (κ2) is 6.07. The number of benzene rings is 1. The lowest BCUT2D eigenvalue weighted by Crippen LogP contribution is -2.30. The molecule has 1 saturated heterocycles. The summed E-state index contributed by atoms with van der Waals surface area (Å²) in [5, 5.41) is 3.05. The van der Waals surface area contributed by atoms with Gasteiger partial charge in [0.15, 0.2) is 11.6 Å². The average molecular weight is 302 g/mol. The molecule has 5 nitrogen and oxygen atoms in total. The SMILES string of the molecule is CNC[C@H]1CCN(S(=O)(=O)c2ccc(OC)c(F)c2)C1. The van der Waals surface area contributed by atoms with E-state index in [1.54, 1.807) is 0 Å². The van der Waals surface area contributed by atoms with Crippen molar-refractivity contribution in [2.45, 2.75) is 11.3 Å². The monoisotopic (exact) mass is 302 g/mol. The van der Waals surface area contributed by atoms with Crippen LogP contribution < -0.4 is 10.1 Å². The minimum absolute atomic E-state index is 0.0269. The van der Waals surface area contributed by atoms with Gasteiger partial charge in [0.1, 0.15) is 0 Å². The summed E-state index contributed by atoms with van der Waals surface area (Å²) >= 11 is 0. The van der Waals surface area contributed by atoms with Gasteiger partial charge in [-0.3, -0.25) is 0 Å². The highest BCUT2D eigenvalue weighted by atomic mass is 32.2. The van der Waals surface area contributed by atoms with Crippen LogP contribution in [0, 0.1) is 11.7 Å². The van der Waals surface area contributed by atoms with E-state index in [1.807, 2.05) is 7.05 Å². The molecule has 1 N–H and O–H groups in total. The van der Waals surface area contributed by atoms with E-state index in [0.717, 1.165) is 19.0 Å². The Hall–Kier alpha value is -1.18. The molecule has 1 aliphatic rings. The van der Waals surface area contributed by atoms with Crippen LogP contribution in [0.15, 0.2) is 23.1 Å². The van der Waals surface area contributed by atoms with Crippen LogP contribution in [0.25, 0.3) is 0 Å². The van der Waals surface area contributed by atoms with Gasteiger partial charge >= 0.3 is 0 Å². The number of sulfonamides is 1. The summed E-state index contributed by atoms with van der Waals surface area (Å²) in [7, 11) is -0.441. The lowest BCUT2D eigenvalue weighted by molar-refractivity contribution is 0.385. The van der Waals surface area contributed by atoms with Crippen LogP contribution in [0.3, 0.4) is 0 Å². The maximum Gasteiger partial charge on any atom is 0.243 e. The van der Waals surface area contributed by atoms with Gasteiger partial charge in [0.25, 0.3) is 0 Å². The van der Waals surface area contributed by atoms with Crippen molar-refractivity contribution in [2.24, 2.45) is 5.92 Å². The molecule has 0 amide bonds. The summed E-state index contributed by atoms with van der Waals surface area (Å²) in [4.78, 5) is -0.0269. The maximum atomic E-state index is 13.6. The standard InChI is InChI=1S/C13H19FN2O3S/c1-15-8-10-5-6-16(9-10)20(17,18)11-3-4-13(19-2)12(14)7-11/h3-4,7,10,15H,5-6,8-9H2,1-2H3/t10-/m1/s1. The molecule has 112 valence electrons. The van der Waals surface area contributed by atoms with Crippen molar-refractivity contribution in [1.29, 1.82) is 0 Å². The Balaban J connectivity index is 2.21. The molecule has 0 spiro atoms. The van der Waals surface area contributed by atoms with Gasteiger partial charge in [0.05, 0.1) is 12.0 Å². The molecule has 0 aliphatic carbocycles. The van der Waals surface area contributed by atoms with E-state index in [-0.39, 0.29) is 10.6 Å². The average Bonchev–Trinajstić information content (AvgIpc) is 2.88. The summed E-state index contributed by atoms with van der Waals surface area (Å²) < 4.78 is 44.7. The molecule has 0 aromatic heterocycles. The van der Waals surface area contributed by atoms with Crippen molar-refractivity contribution in [1.82, 2.24) is 9.62 Å². The summed E-state index contributed by atoms with van der Waals surface area (Å²) in [6, 6.07) is 3.73. The largest absolute Gasteiger partial charge is 0.494 e. The van der Waals surface area contributed by atoms with E-state index in [0.29, 0.717) is 19.0 Å². The molecular weight excluding hydrogens is 283 g/mol. The third-order valence-electron chi connectivity index (χ3n) is 3.50. The third kappa shape index (κ3) is 2.94. The first-order chi connectivity index (χ1) is 9.48. The molecule has 7 heteroatoms. The zero-order valence-corrected chi connectivity index (χ0v) is 12.4. The fraction of sp³-hybridized carbons (Fsp3) is 0.538. The predicted octanol–water partition coefficient (Wildman–Crippen LogP) is 1.06. The lowest BCUT2D eigenvalue weighted by Gasteiger charge is -2.17. The Morgan fingerprint density at radius 2 is 2.25 bits per heavy atom. The quantitative estimate of drug-likeness (QED) is 0.884. The van der Waals surface area contributed by atoms with E-state index in [2.05, 4.69) is 5.32 Å². The van der Waals surface area contributed by atoms with E-state index in [9.17, 15) is 12.8 Å². The molecule has 20 heavy (non-hydrogen) atoms. The van der Waals surface area contributed by atoms with Crippen molar-refractivity contribution in [3.8, 4) is 5.75 Å². The molecule has 1 atom stereocenters. The fourth-order valence-electron chi connectivity index (χ4n) is 2.43. The van der Waals surface area contributed by atoms with Crippen LogP contribution in [0.1, 0.15) is 6.42 Å². The van der Waals surface area contributed by atoms with Gasteiger partial charge in [0.2, 0.25) is 10.0 Å². The molecule has 0 radical (unpaired) electrons. The van der Waals surface area contributed by atoms with Crippen LogP contribution in [0.2, 0.25) is 0 Å². The van der Waals surface area contributed by atoms with Crippen molar-refractivity contribution >= 4 is 10.0 Å². The van der Waals surface area contributed by atoms with E-state index in [4.69, 9.17) is 4.74 Å². The molecular formula is C13H19FN2O3S. The van der Waals surface area contributed by atoms with Gasteiger partial charge in [-0.25, -0.2) is 12.8 Å². The Morgan fingerprint density at radius 1 is 1.50 bits per heavy atom. The Bertz CT molecular complexity index is 577. The van der Waals surface area contributed by atoms with E-state index in [1.165, 1.54) is 23.5 Å². The third-order valence-corrected chi connectivity index (χ3v) is 5.36. The van der Waals surface area contributed by atoms with Gasteiger partial charge in [-0.2, -0.15) is 4.31 Å². The summed E-state index contributed by atoms with van der Waals surface area (Å²) in [5.41, 5.74) is 0. The second-order valence-corrected chi connectivity index (χ2v) is 6.81. The number of halogens is 1. The Kier molecular flexibility index (Phi) is 4.62. The zero-order chi connectivity index (χ0) is 14.8. The summed E-state index contributed by atoms with van der Waals surface area (Å²) in [5.74, 6) is -0.323. The predicted molar refractivity (Wildman–Crippen MR) is 73.7 cm³/mol. The smallest absolute Gasteiger partial charge is 0.243 e. The molecule has 1 fully saturated rings. The highest BCUT2D eigenvalue weighted by Crippen LogP contribution is 2.27. The van der Waals surface area contributed by atoms with Crippen LogP contribution in [0.5, 0.6) is 5.75 Å². The van der Waals surface area contributed by atoms with Crippen molar-refractivity contribution in [2.75, 3.05) is 33.8 Å². The highest BCUT2D eigenvalue weighted by molar-refractivity contribution is 7.89. The molecule has 0 bridgehead atoms. The first-order valence-electron chi connectivity index (χ1n) is 6.47. The van der Waals surface area contributed by atoms with Gasteiger partial charge in [-0.1, -0.05) is 0 Å². The van der Waals surface area contributed by atoms with Crippen molar-refractivity contribution in [3.63, 3.8) is 0 Å². The van der Waals surface area contributed by atoms with Crippen LogP contribution in [0.4, 0.5) is 4.39 Å². The van der Waals surface area contributed by atoms with Crippen molar-refractivity contribution in [3.05, 3.63) is 24.0 Å². The van der Waals surface area contributed by atoms with E-state index >= 15 is 0 Å². The first-order valence-corrected chi connectivity index (χ1v) is 7.91. The molecule has 1 aliphatic heterocycles. The molecule has 0 saturated carbocycles. The minimum Gasteiger partial charge on any atom is -0.494 e. The first kappa shape index (κ1) is 15.2. The van der Waals surface area contributed by atoms with Crippen LogP contribution >= 0.6 is 0 Å². The second-order valence-electron chi connectivity index (χ2n) is 4.87. The normalized spacial score (nSPS) is 20.2. The topological polar surface area (TPSA) is 58.6 Å². The van der Waals surface area contributed by atoms with Crippen LogP contribution in [-0.4, -0.2) is 46.5 Å². The number of methoxy groups -OCH3 is 1. The Labute approximate surface area is 118 Å². The highest BCUT2D eigenvalue weighted by Gasteiger charge is 2.32. The maximum absolute atomic E-state index is 13.6. The molecule has 1 aromatic carbocycles. The number of hydrogen-bond acceptors (Lipinski definition) is 4. The summed E-state index contributed by atoms with van der Waals surface area (Å²) in [6.07, 6.45) is 0.818. The molecule has 1 heterocycles.